The Balaban J connectivity index is 2.11. The molecule has 2 heterocycles. The molecule has 1 atom stereocenters. The van der Waals surface area contributed by atoms with E-state index in [1.165, 1.54) is 11.3 Å². The van der Waals surface area contributed by atoms with E-state index >= 15 is 0 Å². The number of thiophene rings is 1. The zero-order valence-electron chi connectivity index (χ0n) is 14.3. The molecule has 1 aliphatic heterocycles. The van der Waals surface area contributed by atoms with Crippen LogP contribution < -0.4 is 15.5 Å². The molecule has 7 nitrogen and oxygen atoms in total. The lowest BCUT2D eigenvalue weighted by Gasteiger charge is -2.22. The highest BCUT2D eigenvalue weighted by molar-refractivity contribution is 7.17. The Kier molecular flexibility index (Phi) is 6.33. The monoisotopic (exact) mass is 354 g/mol. The molecule has 1 fully saturated rings. The SMILES string of the molecule is CCOC(=O)c1c(NC(=O)C[NH+]2CCNC(=O)C2)sc(CC)c1C. The highest BCUT2D eigenvalue weighted by Crippen LogP contribution is 2.33. The van der Waals surface area contributed by atoms with Crippen LogP contribution in [0.4, 0.5) is 5.00 Å². The molecule has 1 aliphatic rings. The van der Waals surface area contributed by atoms with Crippen LogP contribution in [0.5, 0.6) is 0 Å². The molecule has 1 saturated heterocycles. The third-order valence-electron chi connectivity index (χ3n) is 3.92. The number of quaternary nitrogens is 1. The smallest absolute Gasteiger partial charge is 0.341 e. The van der Waals surface area contributed by atoms with Crippen molar-refractivity contribution in [2.24, 2.45) is 0 Å². The number of carbonyl (C=O) groups is 3. The van der Waals surface area contributed by atoms with Crippen molar-refractivity contribution in [2.45, 2.75) is 27.2 Å². The molecular weight excluding hydrogens is 330 g/mol. The average molecular weight is 354 g/mol. The molecule has 1 aromatic heterocycles. The lowest BCUT2D eigenvalue weighted by atomic mass is 10.1. The molecule has 1 unspecified atom stereocenters. The molecule has 1 aromatic rings. The first-order chi connectivity index (χ1) is 11.5. The summed E-state index contributed by atoms with van der Waals surface area (Å²) in [6.45, 7) is 7.71. The van der Waals surface area contributed by atoms with Crippen molar-refractivity contribution in [3.8, 4) is 0 Å². The first-order valence-electron chi connectivity index (χ1n) is 8.15. The predicted octanol–water partition coefficient (Wildman–Crippen LogP) is -0.251. The van der Waals surface area contributed by atoms with E-state index in [2.05, 4.69) is 10.6 Å². The van der Waals surface area contributed by atoms with E-state index in [0.717, 1.165) is 21.8 Å². The quantitative estimate of drug-likeness (QED) is 0.615. The Morgan fingerprint density at radius 3 is 2.75 bits per heavy atom. The highest BCUT2D eigenvalue weighted by atomic mass is 32.1. The topological polar surface area (TPSA) is 88.9 Å². The van der Waals surface area contributed by atoms with E-state index in [-0.39, 0.29) is 25.0 Å². The minimum Gasteiger partial charge on any atom is -0.462 e. The molecule has 0 spiro atoms. The molecule has 3 N–H and O–H groups in total. The Bertz CT molecular complexity index is 642. The summed E-state index contributed by atoms with van der Waals surface area (Å²) >= 11 is 1.41. The van der Waals surface area contributed by atoms with Gasteiger partial charge in [-0.25, -0.2) is 4.79 Å². The van der Waals surface area contributed by atoms with Crippen LogP contribution in [0.25, 0.3) is 0 Å². The first kappa shape index (κ1) is 18.4. The molecular formula is C16H24N3O4S+. The fourth-order valence-electron chi connectivity index (χ4n) is 2.74. The van der Waals surface area contributed by atoms with Gasteiger partial charge in [-0.15, -0.1) is 11.3 Å². The molecule has 0 saturated carbocycles. The molecule has 8 heteroatoms. The maximum Gasteiger partial charge on any atom is 0.341 e. The summed E-state index contributed by atoms with van der Waals surface area (Å²) < 4.78 is 5.11. The Morgan fingerprint density at radius 1 is 1.38 bits per heavy atom. The van der Waals surface area contributed by atoms with Crippen LogP contribution in [0.3, 0.4) is 0 Å². The number of esters is 1. The van der Waals surface area contributed by atoms with Crippen molar-refractivity contribution in [1.82, 2.24) is 5.32 Å². The van der Waals surface area contributed by atoms with Crippen molar-refractivity contribution in [1.29, 1.82) is 0 Å². The first-order valence-corrected chi connectivity index (χ1v) is 8.97. The van der Waals surface area contributed by atoms with E-state index < -0.39 is 5.97 Å². The number of amides is 2. The zero-order chi connectivity index (χ0) is 17.7. The summed E-state index contributed by atoms with van der Waals surface area (Å²) in [5, 5.41) is 6.11. The molecule has 0 bridgehead atoms. The van der Waals surface area contributed by atoms with E-state index in [1.807, 2.05) is 13.8 Å². The van der Waals surface area contributed by atoms with Crippen LogP contribution in [0.2, 0.25) is 0 Å². The number of piperazine rings is 1. The summed E-state index contributed by atoms with van der Waals surface area (Å²) in [6.07, 6.45) is 0.788. The molecule has 24 heavy (non-hydrogen) atoms. The van der Waals surface area contributed by atoms with Crippen molar-refractivity contribution in [2.75, 3.05) is 38.1 Å². The lowest BCUT2D eigenvalue weighted by molar-refractivity contribution is -0.885. The van der Waals surface area contributed by atoms with Crippen molar-refractivity contribution in [3.05, 3.63) is 16.0 Å². The minimum absolute atomic E-state index is 0.0449. The van der Waals surface area contributed by atoms with Gasteiger partial charge in [-0.2, -0.15) is 0 Å². The Hall–Kier alpha value is -1.93. The summed E-state index contributed by atoms with van der Waals surface area (Å²) in [5.41, 5.74) is 1.30. The van der Waals surface area contributed by atoms with Crippen LogP contribution in [0.1, 0.15) is 34.6 Å². The number of carbonyl (C=O) groups excluding carboxylic acids is 3. The molecule has 2 rings (SSSR count). The Labute approximate surface area is 145 Å². The highest BCUT2D eigenvalue weighted by Gasteiger charge is 2.26. The fraction of sp³-hybridized carbons (Fsp3) is 0.562. The molecule has 0 aliphatic carbocycles. The van der Waals surface area contributed by atoms with Crippen molar-refractivity contribution < 1.29 is 24.0 Å². The van der Waals surface area contributed by atoms with E-state index in [1.54, 1.807) is 6.92 Å². The van der Waals surface area contributed by atoms with Crippen molar-refractivity contribution >= 4 is 34.1 Å². The van der Waals surface area contributed by atoms with Crippen LogP contribution in [0, 0.1) is 6.92 Å². The number of anilines is 1. The van der Waals surface area contributed by atoms with Gasteiger partial charge in [-0.1, -0.05) is 6.92 Å². The number of hydrogen-bond donors (Lipinski definition) is 3. The zero-order valence-corrected chi connectivity index (χ0v) is 15.1. The van der Waals surface area contributed by atoms with Crippen LogP contribution >= 0.6 is 11.3 Å². The molecule has 0 radical (unpaired) electrons. The van der Waals surface area contributed by atoms with Gasteiger partial charge in [0.25, 0.3) is 11.8 Å². The second kappa shape index (κ2) is 8.25. The van der Waals surface area contributed by atoms with Gasteiger partial charge in [-0.3, -0.25) is 9.59 Å². The summed E-state index contributed by atoms with van der Waals surface area (Å²) in [6, 6.07) is 0. The fourth-order valence-corrected chi connectivity index (χ4v) is 3.89. The third kappa shape index (κ3) is 4.33. The summed E-state index contributed by atoms with van der Waals surface area (Å²) in [5.74, 6) is -0.656. The number of aryl methyl sites for hydroxylation is 1. The van der Waals surface area contributed by atoms with Gasteiger partial charge in [0.1, 0.15) is 5.00 Å². The van der Waals surface area contributed by atoms with Gasteiger partial charge >= 0.3 is 5.97 Å². The van der Waals surface area contributed by atoms with Crippen molar-refractivity contribution in [3.63, 3.8) is 0 Å². The minimum atomic E-state index is -0.411. The van der Waals surface area contributed by atoms with Gasteiger partial charge < -0.3 is 20.3 Å². The Morgan fingerprint density at radius 2 is 2.12 bits per heavy atom. The predicted molar refractivity (Wildman–Crippen MR) is 91.6 cm³/mol. The summed E-state index contributed by atoms with van der Waals surface area (Å²) in [4.78, 5) is 37.9. The van der Waals surface area contributed by atoms with Crippen LogP contribution in [-0.4, -0.2) is 50.6 Å². The van der Waals surface area contributed by atoms with E-state index in [0.29, 0.717) is 30.2 Å². The second-order valence-corrected chi connectivity index (χ2v) is 6.79. The number of ether oxygens (including phenoxy) is 1. The maximum atomic E-state index is 12.3. The van der Waals surface area contributed by atoms with Gasteiger partial charge in [0.05, 0.1) is 25.3 Å². The number of rotatable bonds is 6. The molecule has 0 aromatic carbocycles. The second-order valence-electron chi connectivity index (χ2n) is 5.68. The summed E-state index contributed by atoms with van der Waals surface area (Å²) in [7, 11) is 0. The van der Waals surface area contributed by atoms with Crippen LogP contribution in [0.15, 0.2) is 0 Å². The van der Waals surface area contributed by atoms with Gasteiger partial charge in [0, 0.05) is 4.88 Å². The van der Waals surface area contributed by atoms with E-state index in [9.17, 15) is 14.4 Å². The number of hydrogen-bond acceptors (Lipinski definition) is 5. The van der Waals surface area contributed by atoms with Gasteiger partial charge in [-0.05, 0) is 25.8 Å². The average Bonchev–Trinajstić information content (AvgIpc) is 2.83. The normalized spacial score (nSPS) is 17.3. The maximum absolute atomic E-state index is 12.3. The standard InChI is InChI=1S/C16H23N3O4S/c1-4-11-10(3)14(16(22)23-5-2)15(24-11)18-13(21)9-19-7-6-17-12(20)8-19/h4-9H2,1-3H3,(H,17,20)(H,18,21)/p+1. The molecule has 132 valence electrons. The van der Waals surface area contributed by atoms with E-state index in [4.69, 9.17) is 4.74 Å². The lowest BCUT2D eigenvalue weighted by Crippen LogP contribution is -3.16. The third-order valence-corrected chi connectivity index (χ3v) is 5.27. The molecule has 2 amide bonds. The van der Waals surface area contributed by atoms with Crippen LogP contribution in [-0.2, 0) is 20.7 Å². The largest absolute Gasteiger partial charge is 0.462 e. The van der Waals surface area contributed by atoms with Gasteiger partial charge in [0.15, 0.2) is 13.1 Å². The number of nitrogens with one attached hydrogen (secondary N) is 3. The van der Waals surface area contributed by atoms with Gasteiger partial charge in [0.2, 0.25) is 0 Å².